The first-order chi connectivity index (χ1) is 13.2. The third-order valence-corrected chi connectivity index (χ3v) is 4.28. The molecule has 28 heavy (non-hydrogen) atoms. The molecule has 0 heterocycles. The van der Waals surface area contributed by atoms with E-state index in [2.05, 4.69) is 5.32 Å². The van der Waals surface area contributed by atoms with Crippen LogP contribution in [0.2, 0.25) is 0 Å². The number of carbonyl (C=O) groups excluding carboxylic acids is 3. The summed E-state index contributed by atoms with van der Waals surface area (Å²) in [5.41, 5.74) is 1.61. The van der Waals surface area contributed by atoms with Crippen molar-refractivity contribution in [3.05, 3.63) is 71.0 Å². The van der Waals surface area contributed by atoms with Crippen molar-refractivity contribution in [1.82, 2.24) is 5.32 Å². The van der Waals surface area contributed by atoms with Crippen LogP contribution >= 0.6 is 0 Å². The molecular formula is C22H24FNO4. The molecule has 0 aliphatic carbocycles. The van der Waals surface area contributed by atoms with E-state index in [4.69, 9.17) is 4.74 Å². The summed E-state index contributed by atoms with van der Waals surface area (Å²) >= 11 is 0. The number of benzene rings is 2. The molecule has 0 saturated heterocycles. The second-order valence-electron chi connectivity index (χ2n) is 7.01. The van der Waals surface area contributed by atoms with Crippen molar-refractivity contribution in [3.8, 4) is 0 Å². The van der Waals surface area contributed by atoms with E-state index in [1.54, 1.807) is 32.0 Å². The van der Waals surface area contributed by atoms with Gasteiger partial charge in [0.2, 0.25) is 5.78 Å². The average Bonchev–Trinajstić information content (AvgIpc) is 2.65. The van der Waals surface area contributed by atoms with Gasteiger partial charge in [0.25, 0.3) is 5.91 Å². The van der Waals surface area contributed by atoms with Gasteiger partial charge < -0.3 is 10.1 Å². The Hall–Kier alpha value is -3.02. The summed E-state index contributed by atoms with van der Waals surface area (Å²) in [5, 5.41) is 2.68. The molecule has 2 aromatic rings. The first-order valence-electron chi connectivity index (χ1n) is 9.07. The van der Waals surface area contributed by atoms with Crippen molar-refractivity contribution in [1.29, 1.82) is 0 Å². The number of nitrogens with one attached hydrogen (secondary N) is 1. The van der Waals surface area contributed by atoms with Gasteiger partial charge in [-0.05, 0) is 56.2 Å². The molecule has 5 nitrogen and oxygen atoms in total. The van der Waals surface area contributed by atoms with Gasteiger partial charge in [-0.25, -0.2) is 9.18 Å². The van der Waals surface area contributed by atoms with Crippen LogP contribution in [0.25, 0.3) is 0 Å². The maximum absolute atomic E-state index is 13.0. The Labute approximate surface area is 163 Å². The molecule has 0 fully saturated rings. The summed E-state index contributed by atoms with van der Waals surface area (Å²) in [6.07, 6.45) is -1.06. The summed E-state index contributed by atoms with van der Waals surface area (Å²) in [7, 11) is 0. The number of esters is 1. The van der Waals surface area contributed by atoms with Crippen LogP contribution in [0.5, 0.6) is 0 Å². The SMILES string of the molecule is Cc1cccc(C(=O)N[C@H](C(=O)OC(C)C(=O)c2ccc(F)cc2)C(C)C)c1. The van der Waals surface area contributed by atoms with Gasteiger partial charge in [-0.2, -0.15) is 0 Å². The van der Waals surface area contributed by atoms with Crippen molar-refractivity contribution in [2.24, 2.45) is 5.92 Å². The van der Waals surface area contributed by atoms with Gasteiger partial charge in [0.1, 0.15) is 11.9 Å². The molecule has 0 spiro atoms. The lowest BCUT2D eigenvalue weighted by Gasteiger charge is -2.23. The molecule has 0 saturated carbocycles. The van der Waals surface area contributed by atoms with Gasteiger partial charge >= 0.3 is 5.97 Å². The Morgan fingerprint density at radius 1 is 0.964 bits per heavy atom. The minimum Gasteiger partial charge on any atom is -0.453 e. The number of rotatable bonds is 7. The van der Waals surface area contributed by atoms with Crippen molar-refractivity contribution in [2.45, 2.75) is 39.8 Å². The summed E-state index contributed by atoms with van der Waals surface area (Å²) in [4.78, 5) is 37.4. The van der Waals surface area contributed by atoms with Crippen LogP contribution in [0.15, 0.2) is 48.5 Å². The lowest BCUT2D eigenvalue weighted by atomic mass is 10.0. The lowest BCUT2D eigenvalue weighted by molar-refractivity contribution is -0.149. The molecule has 6 heteroatoms. The molecule has 0 radical (unpaired) electrons. The van der Waals surface area contributed by atoms with Crippen molar-refractivity contribution in [2.75, 3.05) is 0 Å². The summed E-state index contributed by atoms with van der Waals surface area (Å²) in [6.45, 7) is 6.86. The molecule has 0 aliphatic rings. The van der Waals surface area contributed by atoms with Crippen LogP contribution in [-0.4, -0.2) is 29.8 Å². The number of hydrogen-bond acceptors (Lipinski definition) is 4. The molecule has 0 bridgehead atoms. The summed E-state index contributed by atoms with van der Waals surface area (Å²) in [6, 6.07) is 11.1. The van der Waals surface area contributed by atoms with E-state index in [0.29, 0.717) is 5.56 Å². The fourth-order valence-corrected chi connectivity index (χ4v) is 2.66. The standard InChI is InChI=1S/C22H24FNO4/c1-13(2)19(24-21(26)17-7-5-6-14(3)12-17)22(27)28-15(4)20(25)16-8-10-18(23)11-9-16/h5-13,15,19H,1-4H3,(H,24,26)/t15?,19-/m0/s1. The maximum atomic E-state index is 13.0. The molecule has 1 amide bonds. The van der Waals surface area contributed by atoms with Gasteiger partial charge in [0.15, 0.2) is 6.10 Å². The van der Waals surface area contributed by atoms with Crippen molar-refractivity contribution >= 4 is 17.7 Å². The van der Waals surface area contributed by atoms with Gasteiger partial charge in [0.05, 0.1) is 0 Å². The third kappa shape index (κ3) is 5.49. The van der Waals surface area contributed by atoms with E-state index >= 15 is 0 Å². The minimum absolute atomic E-state index is 0.241. The summed E-state index contributed by atoms with van der Waals surface area (Å²) in [5.74, 6) is -2.23. The number of amides is 1. The van der Waals surface area contributed by atoms with E-state index in [0.717, 1.165) is 5.56 Å². The van der Waals surface area contributed by atoms with Crippen LogP contribution in [0.4, 0.5) is 4.39 Å². The third-order valence-electron chi connectivity index (χ3n) is 4.28. The van der Waals surface area contributed by atoms with Gasteiger partial charge in [-0.15, -0.1) is 0 Å². The zero-order valence-electron chi connectivity index (χ0n) is 16.4. The Morgan fingerprint density at radius 2 is 1.61 bits per heavy atom. The Kier molecular flexibility index (Phi) is 7.04. The predicted molar refractivity (Wildman–Crippen MR) is 104 cm³/mol. The molecule has 1 N–H and O–H groups in total. The number of halogens is 1. The lowest BCUT2D eigenvalue weighted by Crippen LogP contribution is -2.46. The highest BCUT2D eigenvalue weighted by Crippen LogP contribution is 2.12. The zero-order valence-corrected chi connectivity index (χ0v) is 16.4. The number of ether oxygens (including phenoxy) is 1. The van der Waals surface area contributed by atoms with Gasteiger partial charge in [0, 0.05) is 11.1 Å². The molecular weight excluding hydrogens is 361 g/mol. The molecule has 2 aromatic carbocycles. The highest BCUT2D eigenvalue weighted by molar-refractivity contribution is 6.01. The highest BCUT2D eigenvalue weighted by atomic mass is 19.1. The van der Waals surface area contributed by atoms with Crippen LogP contribution in [-0.2, 0) is 9.53 Å². The Bertz CT molecular complexity index is 861. The van der Waals surface area contributed by atoms with E-state index in [1.807, 2.05) is 13.0 Å². The van der Waals surface area contributed by atoms with Crippen LogP contribution in [0, 0.1) is 18.7 Å². The number of hydrogen-bond donors (Lipinski definition) is 1. The van der Waals surface area contributed by atoms with Crippen LogP contribution < -0.4 is 5.32 Å². The Morgan fingerprint density at radius 3 is 2.18 bits per heavy atom. The second kappa shape index (κ2) is 9.26. The fraction of sp³-hybridized carbons (Fsp3) is 0.318. The van der Waals surface area contributed by atoms with Gasteiger partial charge in [-0.1, -0.05) is 31.5 Å². The largest absolute Gasteiger partial charge is 0.453 e. The molecule has 148 valence electrons. The minimum atomic E-state index is -1.06. The van der Waals surface area contributed by atoms with E-state index in [9.17, 15) is 18.8 Å². The smallest absolute Gasteiger partial charge is 0.329 e. The molecule has 0 aromatic heterocycles. The Balaban J connectivity index is 2.06. The monoisotopic (exact) mass is 385 g/mol. The molecule has 1 unspecified atom stereocenters. The van der Waals surface area contributed by atoms with Gasteiger partial charge in [-0.3, -0.25) is 9.59 Å². The highest BCUT2D eigenvalue weighted by Gasteiger charge is 2.29. The van der Waals surface area contributed by atoms with Crippen molar-refractivity contribution in [3.63, 3.8) is 0 Å². The fourth-order valence-electron chi connectivity index (χ4n) is 2.66. The second-order valence-corrected chi connectivity index (χ2v) is 7.01. The van der Waals surface area contributed by atoms with E-state index in [1.165, 1.54) is 31.2 Å². The number of ketones is 1. The first-order valence-corrected chi connectivity index (χ1v) is 9.07. The first kappa shape index (κ1) is 21.3. The predicted octanol–water partition coefficient (Wildman–Crippen LogP) is 3.70. The van der Waals surface area contributed by atoms with E-state index in [-0.39, 0.29) is 11.5 Å². The molecule has 2 rings (SSSR count). The number of aryl methyl sites for hydroxylation is 1. The van der Waals surface area contributed by atoms with Crippen LogP contribution in [0.3, 0.4) is 0 Å². The normalized spacial score (nSPS) is 12.9. The average molecular weight is 385 g/mol. The van der Waals surface area contributed by atoms with E-state index < -0.39 is 35.6 Å². The quantitative estimate of drug-likeness (QED) is 0.583. The van der Waals surface area contributed by atoms with Crippen molar-refractivity contribution < 1.29 is 23.5 Å². The molecule has 2 atom stereocenters. The maximum Gasteiger partial charge on any atom is 0.329 e. The zero-order chi connectivity index (χ0) is 20.8. The topological polar surface area (TPSA) is 72.5 Å². The van der Waals surface area contributed by atoms with Crippen LogP contribution in [0.1, 0.15) is 47.1 Å². The number of Topliss-reactive ketones (excluding diaryl/α,β-unsaturated/α-hetero) is 1. The summed E-state index contributed by atoms with van der Waals surface area (Å²) < 4.78 is 18.3. The number of carbonyl (C=O) groups is 3. The molecule has 0 aliphatic heterocycles.